The monoisotopic (exact) mass is 332 g/mol. The maximum absolute atomic E-state index is 13.1. The molecule has 24 heavy (non-hydrogen) atoms. The normalized spacial score (nSPS) is 10.9. The van der Waals surface area contributed by atoms with Gasteiger partial charge in [-0.15, -0.1) is 0 Å². The van der Waals surface area contributed by atoms with Gasteiger partial charge < -0.3 is 0 Å². The van der Waals surface area contributed by atoms with Crippen LogP contribution in [0.1, 0.15) is 0 Å². The van der Waals surface area contributed by atoms with E-state index in [1.165, 1.54) is 0 Å². The average Bonchev–Trinajstić information content (AvgIpc) is 2.63. The van der Waals surface area contributed by atoms with Gasteiger partial charge in [-0.3, -0.25) is 9.36 Å². The number of fused-ring (bicyclic) bond motifs is 1. The Balaban J connectivity index is 2.09. The van der Waals surface area contributed by atoms with Crippen LogP contribution in [0.2, 0.25) is 5.02 Å². The zero-order chi connectivity index (χ0) is 16.5. The Bertz CT molecular complexity index is 1070. The lowest BCUT2D eigenvalue weighted by atomic mass is 10.1. The second-order valence-corrected chi connectivity index (χ2v) is 5.87. The van der Waals surface area contributed by atoms with Crippen molar-refractivity contribution in [3.8, 4) is 16.9 Å². The molecule has 116 valence electrons. The Morgan fingerprint density at radius 3 is 2.21 bits per heavy atom. The molecule has 3 nitrogen and oxygen atoms in total. The van der Waals surface area contributed by atoms with Gasteiger partial charge in [0.15, 0.2) is 0 Å². The molecule has 0 spiro atoms. The smallest absolute Gasteiger partial charge is 0.273 e. The SMILES string of the molecule is O=c1c(-c2ccc(Cl)cc2)nc2ccccc2n1-c1ccccc1. The minimum Gasteiger partial charge on any atom is -0.273 e. The van der Waals surface area contributed by atoms with Crippen molar-refractivity contribution in [1.29, 1.82) is 0 Å². The van der Waals surface area contributed by atoms with Crippen molar-refractivity contribution in [2.24, 2.45) is 0 Å². The van der Waals surface area contributed by atoms with E-state index in [2.05, 4.69) is 4.98 Å². The highest BCUT2D eigenvalue weighted by atomic mass is 35.5. The highest BCUT2D eigenvalue weighted by molar-refractivity contribution is 6.30. The van der Waals surface area contributed by atoms with Gasteiger partial charge in [0.1, 0.15) is 5.69 Å². The Morgan fingerprint density at radius 2 is 1.46 bits per heavy atom. The summed E-state index contributed by atoms with van der Waals surface area (Å²) in [4.78, 5) is 17.7. The molecule has 0 aliphatic heterocycles. The lowest BCUT2D eigenvalue weighted by Gasteiger charge is -2.12. The van der Waals surface area contributed by atoms with Crippen LogP contribution >= 0.6 is 11.6 Å². The summed E-state index contributed by atoms with van der Waals surface area (Å²) < 4.78 is 1.70. The maximum atomic E-state index is 13.1. The van der Waals surface area contributed by atoms with Crippen LogP contribution < -0.4 is 5.56 Å². The zero-order valence-electron chi connectivity index (χ0n) is 12.7. The van der Waals surface area contributed by atoms with Gasteiger partial charge >= 0.3 is 0 Å². The molecule has 0 aliphatic carbocycles. The minimum atomic E-state index is -0.151. The molecule has 0 unspecified atom stereocenters. The number of aromatic nitrogens is 2. The average molecular weight is 333 g/mol. The molecule has 0 amide bonds. The number of hydrogen-bond donors (Lipinski definition) is 0. The van der Waals surface area contributed by atoms with E-state index in [-0.39, 0.29) is 5.56 Å². The molecule has 0 radical (unpaired) electrons. The van der Waals surface area contributed by atoms with E-state index in [4.69, 9.17) is 11.6 Å². The molecule has 3 aromatic carbocycles. The molecule has 4 aromatic rings. The van der Waals surface area contributed by atoms with Crippen LogP contribution in [0.3, 0.4) is 0 Å². The van der Waals surface area contributed by atoms with Crippen molar-refractivity contribution >= 4 is 22.6 Å². The predicted octanol–water partition coefficient (Wildman–Crippen LogP) is 4.71. The molecule has 4 heteroatoms. The first-order valence-electron chi connectivity index (χ1n) is 7.57. The molecule has 0 saturated heterocycles. The highest BCUT2D eigenvalue weighted by Crippen LogP contribution is 2.21. The standard InChI is InChI=1S/C20H13ClN2O/c21-15-12-10-14(11-13-15)19-20(24)23(16-6-2-1-3-7-16)18-9-5-4-8-17(18)22-19/h1-13H. The molecule has 4 rings (SSSR count). The Kier molecular flexibility index (Phi) is 3.63. The van der Waals surface area contributed by atoms with Crippen molar-refractivity contribution in [2.45, 2.75) is 0 Å². The molecule has 0 fully saturated rings. The first-order valence-corrected chi connectivity index (χ1v) is 7.95. The lowest BCUT2D eigenvalue weighted by molar-refractivity contribution is 1.02. The second-order valence-electron chi connectivity index (χ2n) is 5.43. The van der Waals surface area contributed by atoms with E-state index in [9.17, 15) is 4.79 Å². The highest BCUT2D eigenvalue weighted by Gasteiger charge is 2.13. The van der Waals surface area contributed by atoms with Crippen LogP contribution in [-0.2, 0) is 0 Å². The van der Waals surface area contributed by atoms with Gasteiger partial charge in [0.2, 0.25) is 0 Å². The van der Waals surface area contributed by atoms with Crippen LogP contribution in [0.25, 0.3) is 28.0 Å². The summed E-state index contributed by atoms with van der Waals surface area (Å²) in [5.74, 6) is 0. The molecule has 1 aromatic heterocycles. The van der Waals surface area contributed by atoms with Crippen LogP contribution in [0.15, 0.2) is 83.7 Å². The van der Waals surface area contributed by atoms with Crippen molar-refractivity contribution < 1.29 is 0 Å². The van der Waals surface area contributed by atoms with Gasteiger partial charge in [-0.25, -0.2) is 4.98 Å². The summed E-state index contributed by atoms with van der Waals surface area (Å²) in [5.41, 5.74) is 3.38. The summed E-state index contributed by atoms with van der Waals surface area (Å²) in [6, 6.07) is 24.4. The summed E-state index contributed by atoms with van der Waals surface area (Å²) in [7, 11) is 0. The van der Waals surface area contributed by atoms with Gasteiger partial charge in [-0.2, -0.15) is 0 Å². The van der Waals surface area contributed by atoms with Crippen molar-refractivity contribution in [2.75, 3.05) is 0 Å². The Labute approximate surface area is 143 Å². The fourth-order valence-corrected chi connectivity index (χ4v) is 2.89. The fraction of sp³-hybridized carbons (Fsp3) is 0. The first-order chi connectivity index (χ1) is 11.7. The number of halogens is 1. The topological polar surface area (TPSA) is 34.9 Å². The van der Waals surface area contributed by atoms with Gasteiger partial charge in [-0.1, -0.05) is 54.1 Å². The summed E-state index contributed by atoms with van der Waals surface area (Å²) in [6.45, 7) is 0. The van der Waals surface area contributed by atoms with Crippen molar-refractivity contribution in [1.82, 2.24) is 9.55 Å². The molecular formula is C20H13ClN2O. The molecular weight excluding hydrogens is 320 g/mol. The molecule has 0 saturated carbocycles. The summed E-state index contributed by atoms with van der Waals surface area (Å²) >= 11 is 5.96. The third-order valence-corrected chi connectivity index (χ3v) is 4.14. The van der Waals surface area contributed by atoms with E-state index in [1.807, 2.05) is 66.7 Å². The zero-order valence-corrected chi connectivity index (χ0v) is 13.4. The van der Waals surface area contributed by atoms with Gasteiger partial charge in [0.05, 0.1) is 11.0 Å². The molecule has 0 atom stereocenters. The van der Waals surface area contributed by atoms with Crippen LogP contribution in [0.4, 0.5) is 0 Å². The molecule has 1 heterocycles. The quantitative estimate of drug-likeness (QED) is 0.533. The van der Waals surface area contributed by atoms with Crippen molar-refractivity contribution in [3.05, 3.63) is 94.2 Å². The van der Waals surface area contributed by atoms with E-state index < -0.39 is 0 Å². The third-order valence-electron chi connectivity index (χ3n) is 3.89. The number of rotatable bonds is 2. The van der Waals surface area contributed by atoms with Crippen molar-refractivity contribution in [3.63, 3.8) is 0 Å². The number of nitrogens with zero attached hydrogens (tertiary/aromatic N) is 2. The van der Waals surface area contributed by atoms with E-state index in [1.54, 1.807) is 16.7 Å². The van der Waals surface area contributed by atoms with Crippen LogP contribution in [0.5, 0.6) is 0 Å². The third kappa shape index (κ3) is 2.49. The second kappa shape index (κ2) is 5.95. The summed E-state index contributed by atoms with van der Waals surface area (Å²) in [6.07, 6.45) is 0. The molecule has 0 bridgehead atoms. The number of hydrogen-bond acceptors (Lipinski definition) is 2. The lowest BCUT2D eigenvalue weighted by Crippen LogP contribution is -2.22. The Hall–Kier alpha value is -2.91. The van der Waals surface area contributed by atoms with Gasteiger partial charge in [0, 0.05) is 16.3 Å². The van der Waals surface area contributed by atoms with E-state index in [0.717, 1.165) is 22.3 Å². The maximum Gasteiger partial charge on any atom is 0.282 e. The number of para-hydroxylation sites is 3. The molecule has 0 N–H and O–H groups in total. The largest absolute Gasteiger partial charge is 0.282 e. The van der Waals surface area contributed by atoms with E-state index >= 15 is 0 Å². The number of benzene rings is 3. The van der Waals surface area contributed by atoms with Crippen LogP contribution in [-0.4, -0.2) is 9.55 Å². The van der Waals surface area contributed by atoms with Gasteiger partial charge in [0.25, 0.3) is 5.56 Å². The van der Waals surface area contributed by atoms with Gasteiger partial charge in [-0.05, 0) is 36.4 Å². The summed E-state index contributed by atoms with van der Waals surface area (Å²) in [5, 5.41) is 0.628. The fourth-order valence-electron chi connectivity index (χ4n) is 2.76. The Morgan fingerprint density at radius 1 is 0.792 bits per heavy atom. The van der Waals surface area contributed by atoms with E-state index in [0.29, 0.717) is 10.7 Å². The minimum absolute atomic E-state index is 0.151. The predicted molar refractivity (Wildman–Crippen MR) is 97.8 cm³/mol. The first kappa shape index (κ1) is 14.7. The van der Waals surface area contributed by atoms with Crippen LogP contribution in [0, 0.1) is 0 Å². The molecule has 0 aliphatic rings.